The smallest absolute Gasteiger partial charge is 0.316 e. The van der Waals surface area contributed by atoms with Crippen molar-refractivity contribution in [2.75, 3.05) is 0 Å². The third-order valence-electron chi connectivity index (χ3n) is 11.1. The number of rotatable bonds is 6. The van der Waals surface area contributed by atoms with E-state index in [9.17, 15) is 31.0 Å². The highest BCUT2D eigenvalue weighted by Gasteiger charge is 2.72. The Labute approximate surface area is 273 Å². The molecule has 7 unspecified atom stereocenters. The van der Waals surface area contributed by atoms with E-state index in [1.807, 2.05) is 24.3 Å². The lowest BCUT2D eigenvalue weighted by molar-refractivity contribution is -0.166. The Morgan fingerprint density at radius 2 is 1.53 bits per heavy atom. The number of hydrogen-bond donors (Lipinski definition) is 1. The molecule has 1 N–H and O–H groups in total. The van der Waals surface area contributed by atoms with Crippen molar-refractivity contribution in [1.82, 2.24) is 0 Å². The van der Waals surface area contributed by atoms with Crippen molar-refractivity contribution in [3.63, 3.8) is 0 Å². The van der Waals surface area contributed by atoms with Crippen molar-refractivity contribution < 1.29 is 44.6 Å². The molecular weight excluding hydrogens is 645 g/mol. The SMILES string of the molecule is Cc1cc(S(=O)(=O)O)c(C(C)C)cc1OC(=O)C1C2CC3C(OS(=O)(=O)C31)C2OC(=O)C1CC2c3ccccc3C1c1ccccc12. The zero-order valence-electron chi connectivity index (χ0n) is 25.9. The minimum Gasteiger partial charge on any atom is -0.459 e. The molecule has 2 saturated carbocycles. The van der Waals surface area contributed by atoms with Crippen LogP contribution in [0, 0.1) is 30.6 Å². The van der Waals surface area contributed by atoms with Gasteiger partial charge in [-0.15, -0.1) is 0 Å². The standard InChI is InChI=1S/C35H34O10S2/c1-16(2)22-15-27(17(3)12-28(22)46(38,39)40)43-35(37)30-24-14-26-32(45-47(41,42)33(26)30)31(24)44-34(36)25-13-23-18-8-4-6-10-20(18)29(25)21-11-7-5-9-19(21)23/h4-12,15-16,23-26,29-33H,13-14H2,1-3H3,(H,38,39,40). The molecule has 12 heteroatoms. The quantitative estimate of drug-likeness (QED) is 0.166. The molecule has 3 fully saturated rings. The molecule has 47 heavy (non-hydrogen) atoms. The summed E-state index contributed by atoms with van der Waals surface area (Å²) in [5.74, 6) is -4.49. The van der Waals surface area contributed by atoms with Gasteiger partial charge in [0.1, 0.15) is 23.2 Å². The van der Waals surface area contributed by atoms with Gasteiger partial charge in [0.05, 0.1) is 16.7 Å². The Morgan fingerprint density at radius 1 is 0.915 bits per heavy atom. The fourth-order valence-corrected chi connectivity index (χ4v) is 12.2. The van der Waals surface area contributed by atoms with Crippen molar-refractivity contribution in [1.29, 1.82) is 0 Å². The molecule has 3 aromatic rings. The molecule has 9 rings (SSSR count). The Morgan fingerprint density at radius 3 is 2.13 bits per heavy atom. The topological polar surface area (TPSA) is 150 Å². The van der Waals surface area contributed by atoms with E-state index >= 15 is 0 Å². The molecule has 0 amide bonds. The summed E-state index contributed by atoms with van der Waals surface area (Å²) in [6.07, 6.45) is -0.926. The number of hydrogen-bond acceptors (Lipinski definition) is 9. The van der Waals surface area contributed by atoms with Gasteiger partial charge in [-0.25, -0.2) is 0 Å². The number of ether oxygens (including phenoxy) is 2. The van der Waals surface area contributed by atoms with E-state index in [4.69, 9.17) is 13.7 Å². The van der Waals surface area contributed by atoms with Crippen molar-refractivity contribution in [2.45, 2.75) is 73.7 Å². The largest absolute Gasteiger partial charge is 0.459 e. The molecule has 0 aromatic heterocycles. The maximum absolute atomic E-state index is 14.1. The van der Waals surface area contributed by atoms with Gasteiger partial charge in [0.15, 0.2) is 0 Å². The minimum absolute atomic E-state index is 0.0337. The summed E-state index contributed by atoms with van der Waals surface area (Å²) in [5.41, 5.74) is 5.12. The van der Waals surface area contributed by atoms with Gasteiger partial charge in [-0.3, -0.25) is 18.3 Å². The fraction of sp³-hybridized carbons (Fsp3) is 0.429. The summed E-state index contributed by atoms with van der Waals surface area (Å²) >= 11 is 0. The third-order valence-corrected chi connectivity index (χ3v) is 13.8. The molecular formula is C35H34O10S2. The summed E-state index contributed by atoms with van der Waals surface area (Å²) in [7, 11) is -8.70. The van der Waals surface area contributed by atoms with Gasteiger partial charge in [0, 0.05) is 23.7 Å². The first-order valence-electron chi connectivity index (χ1n) is 15.9. The molecule has 5 aliphatic carbocycles. The first kappa shape index (κ1) is 30.7. The van der Waals surface area contributed by atoms with Gasteiger partial charge in [-0.1, -0.05) is 62.4 Å². The van der Waals surface area contributed by atoms with Crippen LogP contribution in [0.5, 0.6) is 5.75 Å². The molecule has 0 radical (unpaired) electrons. The van der Waals surface area contributed by atoms with Crippen LogP contribution in [0.3, 0.4) is 0 Å². The molecule has 1 saturated heterocycles. The lowest BCUT2D eigenvalue weighted by Crippen LogP contribution is -2.48. The van der Waals surface area contributed by atoms with Crippen molar-refractivity contribution in [3.8, 4) is 5.75 Å². The van der Waals surface area contributed by atoms with E-state index < -0.39 is 73.3 Å². The van der Waals surface area contributed by atoms with Gasteiger partial charge in [-0.2, -0.15) is 16.8 Å². The Balaban J connectivity index is 1.09. The van der Waals surface area contributed by atoms with Gasteiger partial charge < -0.3 is 9.47 Å². The van der Waals surface area contributed by atoms with Crippen LogP contribution < -0.4 is 4.74 Å². The van der Waals surface area contributed by atoms with Crippen molar-refractivity contribution in [2.24, 2.45) is 23.7 Å². The van der Waals surface area contributed by atoms with E-state index in [1.165, 1.54) is 30.2 Å². The lowest BCUT2D eigenvalue weighted by Gasteiger charge is -2.45. The first-order valence-corrected chi connectivity index (χ1v) is 18.8. The molecule has 4 bridgehead atoms. The van der Waals surface area contributed by atoms with E-state index in [-0.39, 0.29) is 39.5 Å². The maximum Gasteiger partial charge on any atom is 0.316 e. The first-order chi connectivity index (χ1) is 22.3. The maximum atomic E-state index is 14.1. The Kier molecular flexibility index (Phi) is 6.84. The average molecular weight is 679 g/mol. The zero-order valence-corrected chi connectivity index (χ0v) is 27.5. The summed E-state index contributed by atoms with van der Waals surface area (Å²) in [5, 5.41) is -1.13. The van der Waals surface area contributed by atoms with Gasteiger partial charge in [0.2, 0.25) is 0 Å². The van der Waals surface area contributed by atoms with Crippen LogP contribution in [0.1, 0.15) is 77.8 Å². The zero-order chi connectivity index (χ0) is 33.2. The van der Waals surface area contributed by atoms with Crippen LogP contribution in [0.15, 0.2) is 65.6 Å². The average Bonchev–Trinajstić information content (AvgIpc) is 3.64. The van der Waals surface area contributed by atoms with E-state index in [0.717, 1.165) is 11.1 Å². The van der Waals surface area contributed by atoms with Crippen LogP contribution in [0.4, 0.5) is 0 Å². The normalized spacial score (nSPS) is 32.2. The highest BCUT2D eigenvalue weighted by molar-refractivity contribution is 7.87. The predicted molar refractivity (Wildman–Crippen MR) is 168 cm³/mol. The van der Waals surface area contributed by atoms with Crippen LogP contribution in [-0.2, 0) is 38.7 Å². The van der Waals surface area contributed by atoms with E-state index in [2.05, 4.69) is 24.3 Å². The minimum atomic E-state index is -4.54. The van der Waals surface area contributed by atoms with Crippen molar-refractivity contribution >= 4 is 32.2 Å². The monoisotopic (exact) mass is 678 g/mol. The van der Waals surface area contributed by atoms with E-state index in [1.54, 1.807) is 13.8 Å². The van der Waals surface area contributed by atoms with Crippen LogP contribution in [-0.4, -0.2) is 50.8 Å². The van der Waals surface area contributed by atoms with Gasteiger partial charge in [0.25, 0.3) is 20.2 Å². The summed E-state index contributed by atoms with van der Waals surface area (Å²) < 4.78 is 77.9. The lowest BCUT2D eigenvalue weighted by atomic mass is 9.59. The second-order valence-corrected chi connectivity index (χ2v) is 17.0. The molecule has 7 atom stereocenters. The van der Waals surface area contributed by atoms with Crippen LogP contribution >= 0.6 is 0 Å². The molecule has 10 nitrogen and oxygen atoms in total. The highest BCUT2D eigenvalue weighted by Crippen LogP contribution is 2.60. The summed E-state index contributed by atoms with van der Waals surface area (Å²) in [4.78, 5) is 27.7. The number of esters is 2. The second-order valence-electron chi connectivity index (χ2n) is 13.8. The predicted octanol–water partition coefficient (Wildman–Crippen LogP) is 4.84. The van der Waals surface area contributed by atoms with Gasteiger partial charge >= 0.3 is 11.9 Å². The number of carbonyl (C=O) groups excluding carboxylic acids is 2. The van der Waals surface area contributed by atoms with Crippen molar-refractivity contribution in [3.05, 3.63) is 94.0 Å². The Bertz CT molecular complexity index is 2020. The fourth-order valence-electron chi connectivity index (χ4n) is 9.18. The molecule has 1 heterocycles. The van der Waals surface area contributed by atoms with Crippen LogP contribution in [0.2, 0.25) is 0 Å². The second kappa shape index (κ2) is 10.5. The number of aryl methyl sites for hydroxylation is 1. The molecule has 1 aliphatic heterocycles. The molecule has 3 aromatic carbocycles. The van der Waals surface area contributed by atoms with Gasteiger partial charge in [-0.05, 0) is 71.2 Å². The summed E-state index contributed by atoms with van der Waals surface area (Å²) in [6, 6.07) is 18.9. The Hall–Kier alpha value is -3.58. The number of carbonyl (C=O) groups is 2. The van der Waals surface area contributed by atoms with Crippen LogP contribution in [0.25, 0.3) is 0 Å². The number of fused-ring (bicyclic) bond motifs is 2. The number of benzene rings is 3. The third kappa shape index (κ3) is 4.55. The molecule has 0 spiro atoms. The highest BCUT2D eigenvalue weighted by atomic mass is 32.2. The summed E-state index contributed by atoms with van der Waals surface area (Å²) in [6.45, 7) is 5.00. The molecule has 246 valence electrons. The molecule has 6 aliphatic rings. The van der Waals surface area contributed by atoms with E-state index in [0.29, 0.717) is 12.8 Å².